The molecule has 0 aromatic heterocycles. The molecule has 6 heteroatoms. The van der Waals surface area contributed by atoms with Crippen LogP contribution in [0, 0.1) is 5.41 Å². The van der Waals surface area contributed by atoms with Crippen LogP contribution in [0.2, 0.25) is 0 Å². The summed E-state index contributed by atoms with van der Waals surface area (Å²) in [5, 5.41) is 10.2. The first-order valence-electron chi connectivity index (χ1n) is 5.52. The molecule has 0 aliphatic carbocycles. The van der Waals surface area contributed by atoms with Crippen LogP contribution in [0.3, 0.4) is 0 Å². The minimum absolute atomic E-state index is 0.0370. The zero-order chi connectivity index (χ0) is 12.1. The molecule has 1 heterocycles. The Bertz CT molecular complexity index is 258. The quantitative estimate of drug-likeness (QED) is 0.455. The number of hydrogen-bond acceptors (Lipinski definition) is 3. The number of piperidine rings is 1. The molecule has 1 saturated heterocycles. The highest BCUT2D eigenvalue weighted by atomic mass is 16.2. The smallest absolute Gasteiger partial charge is 0.317 e. The van der Waals surface area contributed by atoms with Crippen molar-refractivity contribution in [2.75, 3.05) is 33.7 Å². The summed E-state index contributed by atoms with van der Waals surface area (Å²) in [6, 6.07) is 0.211. The van der Waals surface area contributed by atoms with Crippen LogP contribution in [-0.4, -0.2) is 61.4 Å². The lowest BCUT2D eigenvalue weighted by Gasteiger charge is -2.32. The number of urea groups is 1. The number of hydrogen-bond donors (Lipinski definition) is 3. The Balaban J connectivity index is 2.27. The number of carbonyl (C=O) groups is 1. The molecule has 0 aromatic carbocycles. The van der Waals surface area contributed by atoms with Crippen LogP contribution in [0.4, 0.5) is 4.79 Å². The fraction of sp³-hybridized carbons (Fsp3) is 0.800. The number of rotatable bonds is 3. The molecule has 1 rings (SSSR count). The van der Waals surface area contributed by atoms with Crippen molar-refractivity contribution in [1.82, 2.24) is 15.1 Å². The van der Waals surface area contributed by atoms with Crippen molar-refractivity contribution in [2.24, 2.45) is 5.73 Å². The van der Waals surface area contributed by atoms with Gasteiger partial charge in [0.1, 0.15) is 5.84 Å². The molecular weight excluding hydrogens is 206 g/mol. The lowest BCUT2D eigenvalue weighted by molar-refractivity contribution is 0.192. The summed E-state index contributed by atoms with van der Waals surface area (Å²) in [4.78, 5) is 15.1. The molecule has 92 valence electrons. The molecule has 0 atom stereocenters. The van der Waals surface area contributed by atoms with Crippen molar-refractivity contribution in [3.63, 3.8) is 0 Å². The highest BCUT2D eigenvalue weighted by Crippen LogP contribution is 2.09. The molecule has 0 bridgehead atoms. The molecule has 16 heavy (non-hydrogen) atoms. The molecule has 1 aliphatic heterocycles. The Kier molecular flexibility index (Phi) is 4.54. The second-order valence-corrected chi connectivity index (χ2v) is 4.42. The Morgan fingerprint density at radius 2 is 2.06 bits per heavy atom. The monoisotopic (exact) mass is 227 g/mol. The molecule has 0 radical (unpaired) electrons. The van der Waals surface area contributed by atoms with Crippen molar-refractivity contribution < 1.29 is 4.79 Å². The molecule has 0 saturated carbocycles. The van der Waals surface area contributed by atoms with Crippen LogP contribution in [0.1, 0.15) is 12.8 Å². The van der Waals surface area contributed by atoms with E-state index >= 15 is 0 Å². The summed E-state index contributed by atoms with van der Waals surface area (Å²) in [7, 11) is 3.47. The minimum Gasteiger partial charge on any atom is -0.387 e. The molecule has 4 N–H and O–H groups in total. The van der Waals surface area contributed by atoms with Crippen LogP contribution >= 0.6 is 0 Å². The molecule has 0 aromatic rings. The number of likely N-dealkylation sites (tertiary alicyclic amines) is 1. The van der Waals surface area contributed by atoms with E-state index in [-0.39, 0.29) is 17.9 Å². The number of nitrogens with two attached hydrogens (primary N) is 1. The fourth-order valence-electron chi connectivity index (χ4n) is 1.78. The van der Waals surface area contributed by atoms with E-state index in [9.17, 15) is 4.79 Å². The van der Waals surface area contributed by atoms with E-state index in [1.165, 1.54) is 0 Å². The number of amides is 2. The minimum atomic E-state index is -0.0370. The maximum Gasteiger partial charge on any atom is 0.317 e. The van der Waals surface area contributed by atoms with E-state index in [1.54, 1.807) is 19.0 Å². The van der Waals surface area contributed by atoms with Gasteiger partial charge in [-0.3, -0.25) is 10.3 Å². The highest BCUT2D eigenvalue weighted by molar-refractivity contribution is 5.79. The first-order chi connectivity index (χ1) is 7.49. The third-order valence-corrected chi connectivity index (χ3v) is 2.72. The lowest BCUT2D eigenvalue weighted by Crippen LogP contribution is -2.48. The van der Waals surface area contributed by atoms with Crippen molar-refractivity contribution in [1.29, 1.82) is 5.41 Å². The van der Waals surface area contributed by atoms with Gasteiger partial charge < -0.3 is 16.0 Å². The highest BCUT2D eigenvalue weighted by Gasteiger charge is 2.21. The first kappa shape index (κ1) is 12.8. The van der Waals surface area contributed by atoms with Gasteiger partial charge >= 0.3 is 6.03 Å². The van der Waals surface area contributed by atoms with Crippen LogP contribution in [0.25, 0.3) is 0 Å². The maximum absolute atomic E-state index is 11.4. The number of nitrogens with one attached hydrogen (secondary N) is 2. The predicted molar refractivity (Wildman–Crippen MR) is 63.6 cm³/mol. The summed E-state index contributed by atoms with van der Waals surface area (Å²) in [5.74, 6) is 0.204. The van der Waals surface area contributed by atoms with Crippen molar-refractivity contribution in [3.05, 3.63) is 0 Å². The Morgan fingerprint density at radius 1 is 1.50 bits per heavy atom. The molecule has 0 spiro atoms. The van der Waals surface area contributed by atoms with Gasteiger partial charge in [-0.2, -0.15) is 0 Å². The van der Waals surface area contributed by atoms with Gasteiger partial charge in [-0.1, -0.05) is 0 Å². The van der Waals surface area contributed by atoms with Gasteiger partial charge in [-0.05, 0) is 12.8 Å². The van der Waals surface area contributed by atoms with E-state index in [2.05, 4.69) is 10.2 Å². The summed E-state index contributed by atoms with van der Waals surface area (Å²) >= 11 is 0. The third kappa shape index (κ3) is 4.06. The van der Waals surface area contributed by atoms with Gasteiger partial charge in [0.05, 0.1) is 6.54 Å². The Morgan fingerprint density at radius 3 is 2.50 bits per heavy atom. The zero-order valence-corrected chi connectivity index (χ0v) is 9.99. The van der Waals surface area contributed by atoms with Crippen molar-refractivity contribution >= 4 is 11.9 Å². The lowest BCUT2D eigenvalue weighted by atomic mass is 10.1. The van der Waals surface area contributed by atoms with Gasteiger partial charge in [0.15, 0.2) is 0 Å². The largest absolute Gasteiger partial charge is 0.387 e. The molecule has 0 unspecified atom stereocenters. The maximum atomic E-state index is 11.4. The van der Waals surface area contributed by atoms with E-state index < -0.39 is 0 Å². The number of carbonyl (C=O) groups excluding carboxylic acids is 1. The number of amidine groups is 1. The van der Waals surface area contributed by atoms with Crippen molar-refractivity contribution in [2.45, 2.75) is 18.9 Å². The molecule has 1 fully saturated rings. The molecule has 6 nitrogen and oxygen atoms in total. The summed E-state index contributed by atoms with van der Waals surface area (Å²) in [6.45, 7) is 2.31. The van der Waals surface area contributed by atoms with Crippen LogP contribution in [0.15, 0.2) is 0 Å². The first-order valence-corrected chi connectivity index (χ1v) is 5.52. The topological polar surface area (TPSA) is 85.5 Å². The number of nitrogens with zero attached hydrogens (tertiary/aromatic N) is 2. The van der Waals surface area contributed by atoms with Gasteiger partial charge in [-0.15, -0.1) is 0 Å². The fourth-order valence-corrected chi connectivity index (χ4v) is 1.78. The van der Waals surface area contributed by atoms with Crippen LogP contribution < -0.4 is 11.1 Å². The van der Waals surface area contributed by atoms with Crippen LogP contribution in [-0.2, 0) is 0 Å². The summed E-state index contributed by atoms with van der Waals surface area (Å²) in [6.07, 6.45) is 1.85. The molecule has 2 amide bonds. The van der Waals surface area contributed by atoms with E-state index in [0.29, 0.717) is 6.54 Å². The SMILES string of the molecule is CN(C)C(=O)NC1CCN(CC(=N)N)CC1. The van der Waals surface area contributed by atoms with Gasteiger partial charge in [0.25, 0.3) is 0 Å². The Hall–Kier alpha value is -1.30. The summed E-state index contributed by atoms with van der Waals surface area (Å²) < 4.78 is 0. The third-order valence-electron chi connectivity index (χ3n) is 2.72. The van der Waals surface area contributed by atoms with Gasteiger partial charge in [-0.25, -0.2) is 4.79 Å². The van der Waals surface area contributed by atoms with E-state index in [1.807, 2.05) is 0 Å². The second kappa shape index (κ2) is 5.69. The summed E-state index contributed by atoms with van der Waals surface area (Å²) in [5.41, 5.74) is 5.34. The predicted octanol–water partition coefficient (Wildman–Crippen LogP) is -0.342. The van der Waals surface area contributed by atoms with Crippen LogP contribution in [0.5, 0.6) is 0 Å². The van der Waals surface area contributed by atoms with E-state index in [0.717, 1.165) is 25.9 Å². The van der Waals surface area contributed by atoms with E-state index in [4.69, 9.17) is 11.1 Å². The second-order valence-electron chi connectivity index (χ2n) is 4.42. The Labute approximate surface area is 96.3 Å². The average molecular weight is 227 g/mol. The normalized spacial score (nSPS) is 18.1. The van der Waals surface area contributed by atoms with Crippen molar-refractivity contribution in [3.8, 4) is 0 Å². The average Bonchev–Trinajstić information content (AvgIpc) is 2.20. The van der Waals surface area contributed by atoms with Gasteiger partial charge in [0, 0.05) is 33.2 Å². The standard InChI is InChI=1S/C10H21N5O/c1-14(2)10(16)13-8-3-5-15(6-4-8)7-9(11)12/h8H,3-7H2,1-2H3,(H3,11,12)(H,13,16). The molecule has 1 aliphatic rings. The molecular formula is C10H21N5O. The van der Waals surface area contributed by atoms with Gasteiger partial charge in [0.2, 0.25) is 0 Å². The zero-order valence-electron chi connectivity index (χ0n) is 9.99.